The van der Waals surface area contributed by atoms with Gasteiger partial charge in [-0.1, -0.05) is 6.92 Å². The molecule has 0 unspecified atom stereocenters. The summed E-state index contributed by atoms with van der Waals surface area (Å²) >= 11 is 1.87. The van der Waals surface area contributed by atoms with Crippen molar-refractivity contribution in [2.24, 2.45) is 0 Å². The second-order valence-electron chi connectivity index (χ2n) is 5.89. The molecule has 0 N–H and O–H groups in total. The van der Waals surface area contributed by atoms with Gasteiger partial charge in [-0.25, -0.2) is 4.98 Å². The molecule has 0 radical (unpaired) electrons. The van der Waals surface area contributed by atoms with Crippen molar-refractivity contribution in [3.63, 3.8) is 0 Å². The molecule has 2 aliphatic heterocycles. The van der Waals surface area contributed by atoms with Crippen molar-refractivity contribution in [1.82, 2.24) is 9.88 Å². The number of aromatic nitrogens is 1. The van der Waals surface area contributed by atoms with Gasteiger partial charge in [0.1, 0.15) is 0 Å². The van der Waals surface area contributed by atoms with Crippen LogP contribution in [0.3, 0.4) is 0 Å². The molecule has 0 spiro atoms. The molecular formula is C14H22N2OS. The van der Waals surface area contributed by atoms with Crippen LogP contribution in [0, 0.1) is 6.92 Å². The van der Waals surface area contributed by atoms with Gasteiger partial charge in [0.25, 0.3) is 0 Å². The predicted molar refractivity (Wildman–Crippen MR) is 74.2 cm³/mol. The maximum Gasteiger partial charge on any atom is 0.0987 e. The molecule has 0 saturated carbocycles. The smallest absolute Gasteiger partial charge is 0.0987 e. The molecule has 3 nitrogen and oxygen atoms in total. The number of piperidine rings is 1. The van der Waals surface area contributed by atoms with Crippen LogP contribution in [-0.4, -0.2) is 42.2 Å². The van der Waals surface area contributed by atoms with Gasteiger partial charge in [-0.3, -0.25) is 4.90 Å². The van der Waals surface area contributed by atoms with Crippen molar-refractivity contribution in [1.29, 1.82) is 0 Å². The van der Waals surface area contributed by atoms with Gasteiger partial charge < -0.3 is 4.74 Å². The summed E-state index contributed by atoms with van der Waals surface area (Å²) in [5.74, 6) is 0. The van der Waals surface area contributed by atoms with E-state index in [1.165, 1.54) is 42.2 Å². The quantitative estimate of drug-likeness (QED) is 0.823. The van der Waals surface area contributed by atoms with Gasteiger partial charge in [0.2, 0.25) is 0 Å². The maximum atomic E-state index is 5.50. The third kappa shape index (κ3) is 2.33. The van der Waals surface area contributed by atoms with Gasteiger partial charge in [0.15, 0.2) is 0 Å². The Morgan fingerprint density at radius 1 is 1.44 bits per heavy atom. The topological polar surface area (TPSA) is 25.4 Å². The lowest BCUT2D eigenvalue weighted by molar-refractivity contribution is 0.102. The number of hydrogen-bond donors (Lipinski definition) is 0. The molecule has 1 atom stereocenters. The average Bonchev–Trinajstić information content (AvgIpc) is 3.01. The predicted octanol–water partition coefficient (Wildman–Crippen LogP) is 2.59. The Kier molecular flexibility index (Phi) is 3.43. The summed E-state index contributed by atoms with van der Waals surface area (Å²) in [4.78, 5) is 8.56. The lowest BCUT2D eigenvalue weighted by Crippen LogP contribution is -2.46. The van der Waals surface area contributed by atoms with Crippen molar-refractivity contribution in [2.75, 3.05) is 26.3 Å². The van der Waals surface area contributed by atoms with E-state index < -0.39 is 0 Å². The average molecular weight is 266 g/mol. The normalized spacial score (nSPS) is 28.7. The van der Waals surface area contributed by atoms with E-state index in [0.717, 1.165) is 13.2 Å². The van der Waals surface area contributed by atoms with E-state index in [1.54, 1.807) is 0 Å². The molecule has 18 heavy (non-hydrogen) atoms. The van der Waals surface area contributed by atoms with Crippen LogP contribution in [-0.2, 0) is 10.2 Å². The highest BCUT2D eigenvalue weighted by molar-refractivity contribution is 7.11. The van der Waals surface area contributed by atoms with E-state index >= 15 is 0 Å². The van der Waals surface area contributed by atoms with Crippen molar-refractivity contribution in [3.05, 3.63) is 16.1 Å². The van der Waals surface area contributed by atoms with Crippen LogP contribution in [0.5, 0.6) is 0 Å². The van der Waals surface area contributed by atoms with Gasteiger partial charge in [-0.2, -0.15) is 0 Å². The molecule has 3 heterocycles. The molecule has 2 saturated heterocycles. The highest BCUT2D eigenvalue weighted by atomic mass is 32.1. The molecule has 0 amide bonds. The molecule has 1 aromatic rings. The van der Waals surface area contributed by atoms with Crippen LogP contribution < -0.4 is 0 Å². The van der Waals surface area contributed by atoms with E-state index in [4.69, 9.17) is 4.74 Å². The Labute approximate surface area is 113 Å². The highest BCUT2D eigenvalue weighted by Crippen LogP contribution is 2.37. The van der Waals surface area contributed by atoms with E-state index in [9.17, 15) is 0 Å². The standard InChI is InChI=1S/C14H22N2OS/c1-11-9-15-13(18-11)14(2)4-6-16(7-5-14)12-3-8-17-10-12/h9,12H,3-8,10H2,1-2H3/t12-/m1/s1. The summed E-state index contributed by atoms with van der Waals surface area (Å²) in [7, 11) is 0. The first-order valence-corrected chi connectivity index (χ1v) is 7.74. The van der Waals surface area contributed by atoms with Crippen LogP contribution in [0.15, 0.2) is 6.20 Å². The SMILES string of the molecule is Cc1cnc(C2(C)CCN([C@@H]3CCOC3)CC2)s1. The fraction of sp³-hybridized carbons (Fsp3) is 0.786. The lowest BCUT2D eigenvalue weighted by Gasteiger charge is -2.40. The van der Waals surface area contributed by atoms with E-state index in [-0.39, 0.29) is 0 Å². The minimum Gasteiger partial charge on any atom is -0.380 e. The summed E-state index contributed by atoms with van der Waals surface area (Å²) in [5, 5.41) is 1.34. The Bertz CT molecular complexity index is 404. The molecule has 2 fully saturated rings. The number of ether oxygens (including phenoxy) is 1. The highest BCUT2D eigenvalue weighted by Gasteiger charge is 2.36. The van der Waals surface area contributed by atoms with Crippen LogP contribution in [0.2, 0.25) is 0 Å². The first kappa shape index (κ1) is 12.6. The van der Waals surface area contributed by atoms with Crippen LogP contribution >= 0.6 is 11.3 Å². The van der Waals surface area contributed by atoms with Gasteiger partial charge in [-0.15, -0.1) is 11.3 Å². The number of hydrogen-bond acceptors (Lipinski definition) is 4. The van der Waals surface area contributed by atoms with Crippen molar-refractivity contribution in [3.8, 4) is 0 Å². The molecule has 100 valence electrons. The van der Waals surface area contributed by atoms with Crippen LogP contribution in [0.1, 0.15) is 36.1 Å². The first-order chi connectivity index (χ1) is 8.67. The van der Waals surface area contributed by atoms with E-state index in [2.05, 4.69) is 23.7 Å². The maximum absolute atomic E-state index is 5.50. The zero-order chi connectivity index (χ0) is 12.6. The van der Waals surface area contributed by atoms with E-state index in [0.29, 0.717) is 11.5 Å². The summed E-state index contributed by atoms with van der Waals surface area (Å²) in [5.41, 5.74) is 0.300. The van der Waals surface area contributed by atoms with Crippen LogP contribution in [0.25, 0.3) is 0 Å². The molecule has 0 aromatic carbocycles. The van der Waals surface area contributed by atoms with E-state index in [1.807, 2.05) is 17.5 Å². The molecular weight excluding hydrogens is 244 g/mol. The minimum absolute atomic E-state index is 0.300. The van der Waals surface area contributed by atoms with Crippen molar-refractivity contribution >= 4 is 11.3 Å². The summed E-state index contributed by atoms with van der Waals surface area (Å²) in [6.45, 7) is 8.81. The van der Waals surface area contributed by atoms with Gasteiger partial charge >= 0.3 is 0 Å². The summed E-state index contributed by atoms with van der Waals surface area (Å²) in [6, 6.07) is 0.674. The van der Waals surface area contributed by atoms with Crippen LogP contribution in [0.4, 0.5) is 0 Å². The van der Waals surface area contributed by atoms with Crippen molar-refractivity contribution in [2.45, 2.75) is 44.6 Å². The first-order valence-electron chi connectivity index (χ1n) is 6.92. The number of thiazole rings is 1. The third-order valence-electron chi connectivity index (χ3n) is 4.46. The van der Waals surface area contributed by atoms with Gasteiger partial charge in [-0.05, 0) is 39.3 Å². The summed E-state index contributed by atoms with van der Waals surface area (Å²) in [6.07, 6.45) is 5.70. The Balaban J connectivity index is 1.65. The number of nitrogens with zero attached hydrogens (tertiary/aromatic N) is 2. The number of rotatable bonds is 2. The molecule has 3 rings (SSSR count). The summed E-state index contributed by atoms with van der Waals surface area (Å²) < 4.78 is 5.50. The monoisotopic (exact) mass is 266 g/mol. The molecule has 1 aromatic heterocycles. The Hall–Kier alpha value is -0.450. The largest absolute Gasteiger partial charge is 0.380 e. The molecule has 2 aliphatic rings. The number of likely N-dealkylation sites (tertiary alicyclic amines) is 1. The molecule has 0 bridgehead atoms. The zero-order valence-corrected chi connectivity index (χ0v) is 12.1. The minimum atomic E-state index is 0.300. The Morgan fingerprint density at radius 2 is 2.22 bits per heavy atom. The fourth-order valence-electron chi connectivity index (χ4n) is 3.04. The zero-order valence-electron chi connectivity index (χ0n) is 11.3. The second kappa shape index (κ2) is 4.91. The second-order valence-corrected chi connectivity index (χ2v) is 7.12. The van der Waals surface area contributed by atoms with Gasteiger partial charge in [0.05, 0.1) is 11.6 Å². The third-order valence-corrected chi connectivity index (χ3v) is 5.68. The van der Waals surface area contributed by atoms with Gasteiger partial charge in [0, 0.05) is 29.1 Å². The molecule has 4 heteroatoms. The fourth-order valence-corrected chi connectivity index (χ4v) is 4.01. The number of aryl methyl sites for hydroxylation is 1. The Morgan fingerprint density at radius 3 is 2.78 bits per heavy atom. The molecule has 0 aliphatic carbocycles. The lowest BCUT2D eigenvalue weighted by atomic mass is 9.80. The van der Waals surface area contributed by atoms with Crippen molar-refractivity contribution < 1.29 is 4.74 Å².